The van der Waals surface area contributed by atoms with Gasteiger partial charge in [-0.05, 0) is 55.8 Å². The van der Waals surface area contributed by atoms with E-state index in [4.69, 9.17) is 10.00 Å². The Labute approximate surface area is 122 Å². The van der Waals surface area contributed by atoms with Crippen LogP contribution in [0.4, 0.5) is 0 Å². The highest BCUT2D eigenvalue weighted by Crippen LogP contribution is 2.22. The van der Waals surface area contributed by atoms with Gasteiger partial charge in [0, 0.05) is 26.8 Å². The van der Waals surface area contributed by atoms with E-state index in [1.54, 1.807) is 7.11 Å². The lowest BCUT2D eigenvalue weighted by Crippen LogP contribution is -2.35. The van der Waals surface area contributed by atoms with Gasteiger partial charge in [0.15, 0.2) is 0 Å². The number of methoxy groups -OCH3 is 1. The van der Waals surface area contributed by atoms with Crippen LogP contribution in [0.2, 0.25) is 0 Å². The summed E-state index contributed by atoms with van der Waals surface area (Å²) in [4.78, 5) is 2.53. The Morgan fingerprint density at radius 2 is 2.35 bits per heavy atom. The van der Waals surface area contributed by atoms with Crippen LogP contribution in [-0.4, -0.2) is 31.7 Å². The molecular weight excluding hydrogens is 248 g/mol. The lowest BCUT2D eigenvalue weighted by atomic mass is 9.93. The maximum atomic E-state index is 8.95. The standard InChI is InChI=1S/C17H24N2O/c1-20-10-4-8-15-7-3-9-19(13-15)14-17-6-2-5-16(11-17)12-18/h2,5-6,11,15H,3-4,7-10,13-14H2,1H3/t15-/m1/s1. The monoisotopic (exact) mass is 272 g/mol. The Balaban J connectivity index is 1.84. The molecule has 0 saturated carbocycles. The molecule has 0 aliphatic carbocycles. The van der Waals surface area contributed by atoms with Crippen molar-refractivity contribution in [3.05, 3.63) is 35.4 Å². The molecule has 0 amide bonds. The number of benzene rings is 1. The number of rotatable bonds is 6. The fourth-order valence-electron chi connectivity index (χ4n) is 3.04. The number of ether oxygens (including phenoxy) is 1. The van der Waals surface area contributed by atoms with Crippen LogP contribution >= 0.6 is 0 Å². The van der Waals surface area contributed by atoms with Crippen LogP contribution in [0, 0.1) is 17.2 Å². The molecule has 0 N–H and O–H groups in total. The number of hydrogen-bond acceptors (Lipinski definition) is 3. The van der Waals surface area contributed by atoms with Crippen LogP contribution in [0.25, 0.3) is 0 Å². The fraction of sp³-hybridized carbons (Fsp3) is 0.588. The van der Waals surface area contributed by atoms with E-state index in [1.807, 2.05) is 18.2 Å². The van der Waals surface area contributed by atoms with Crippen LogP contribution in [-0.2, 0) is 11.3 Å². The molecule has 1 aliphatic rings. The third kappa shape index (κ3) is 4.63. The molecule has 0 aromatic heterocycles. The molecule has 1 aromatic rings. The zero-order chi connectivity index (χ0) is 14.2. The Bertz CT molecular complexity index is 453. The fourth-order valence-corrected chi connectivity index (χ4v) is 3.04. The number of likely N-dealkylation sites (tertiary alicyclic amines) is 1. The summed E-state index contributed by atoms with van der Waals surface area (Å²) in [6, 6.07) is 10.2. The maximum Gasteiger partial charge on any atom is 0.0991 e. The number of hydrogen-bond donors (Lipinski definition) is 0. The second-order valence-electron chi connectivity index (χ2n) is 5.69. The smallest absolute Gasteiger partial charge is 0.0991 e. The first kappa shape index (κ1) is 15.0. The topological polar surface area (TPSA) is 36.3 Å². The van der Waals surface area contributed by atoms with Gasteiger partial charge in [-0.1, -0.05) is 12.1 Å². The molecule has 1 aromatic carbocycles. The normalized spacial score (nSPS) is 19.7. The highest BCUT2D eigenvalue weighted by molar-refractivity contribution is 5.32. The molecule has 0 spiro atoms. The van der Waals surface area contributed by atoms with Gasteiger partial charge in [-0.25, -0.2) is 0 Å². The maximum absolute atomic E-state index is 8.95. The largest absolute Gasteiger partial charge is 0.385 e. The number of nitrogens with zero attached hydrogens (tertiary/aromatic N) is 2. The summed E-state index contributed by atoms with van der Waals surface area (Å²) >= 11 is 0. The van der Waals surface area contributed by atoms with Gasteiger partial charge in [-0.2, -0.15) is 5.26 Å². The average molecular weight is 272 g/mol. The molecule has 0 radical (unpaired) electrons. The van der Waals surface area contributed by atoms with Crippen LogP contribution < -0.4 is 0 Å². The molecule has 3 nitrogen and oxygen atoms in total. The van der Waals surface area contributed by atoms with Crippen molar-refractivity contribution in [1.29, 1.82) is 5.26 Å². The second kappa shape index (κ2) is 8.04. The van der Waals surface area contributed by atoms with Crippen molar-refractivity contribution in [2.75, 3.05) is 26.8 Å². The SMILES string of the molecule is COCCC[C@H]1CCCN(Cc2cccc(C#N)c2)C1. The molecule has 1 fully saturated rings. The minimum Gasteiger partial charge on any atom is -0.385 e. The molecular formula is C17H24N2O. The molecule has 1 aliphatic heterocycles. The summed E-state index contributed by atoms with van der Waals surface area (Å²) in [7, 11) is 1.77. The van der Waals surface area contributed by atoms with E-state index in [2.05, 4.69) is 17.0 Å². The minimum atomic E-state index is 0.760. The molecule has 1 heterocycles. The van der Waals surface area contributed by atoms with Gasteiger partial charge in [-0.15, -0.1) is 0 Å². The average Bonchev–Trinajstić information content (AvgIpc) is 2.48. The third-order valence-electron chi connectivity index (χ3n) is 4.03. The van der Waals surface area contributed by atoms with Crippen LogP contribution in [0.1, 0.15) is 36.8 Å². The van der Waals surface area contributed by atoms with E-state index in [-0.39, 0.29) is 0 Å². The molecule has 3 heteroatoms. The molecule has 1 atom stereocenters. The third-order valence-corrected chi connectivity index (χ3v) is 4.03. The molecule has 0 bridgehead atoms. The van der Waals surface area contributed by atoms with Crippen LogP contribution in [0.5, 0.6) is 0 Å². The summed E-state index contributed by atoms with van der Waals surface area (Å²) < 4.78 is 5.14. The van der Waals surface area contributed by atoms with Crippen molar-refractivity contribution in [2.24, 2.45) is 5.92 Å². The lowest BCUT2D eigenvalue weighted by molar-refractivity contribution is 0.142. The van der Waals surface area contributed by atoms with E-state index in [9.17, 15) is 0 Å². The van der Waals surface area contributed by atoms with Gasteiger partial charge < -0.3 is 4.74 Å². The Kier molecular flexibility index (Phi) is 6.04. The zero-order valence-corrected chi connectivity index (χ0v) is 12.3. The quantitative estimate of drug-likeness (QED) is 0.746. The summed E-state index contributed by atoms with van der Waals surface area (Å²) in [6.07, 6.45) is 5.07. The minimum absolute atomic E-state index is 0.760. The van der Waals surface area contributed by atoms with E-state index >= 15 is 0 Å². The molecule has 2 rings (SSSR count). The van der Waals surface area contributed by atoms with Gasteiger partial charge in [0.2, 0.25) is 0 Å². The first-order chi connectivity index (χ1) is 9.81. The van der Waals surface area contributed by atoms with Crippen LogP contribution in [0.15, 0.2) is 24.3 Å². The van der Waals surface area contributed by atoms with Crippen molar-refractivity contribution in [3.8, 4) is 6.07 Å². The highest BCUT2D eigenvalue weighted by atomic mass is 16.5. The zero-order valence-electron chi connectivity index (χ0n) is 12.3. The molecule has 1 saturated heterocycles. The van der Waals surface area contributed by atoms with Gasteiger partial charge in [0.1, 0.15) is 0 Å². The summed E-state index contributed by atoms with van der Waals surface area (Å²) in [6.45, 7) is 4.20. The predicted molar refractivity (Wildman–Crippen MR) is 80.3 cm³/mol. The van der Waals surface area contributed by atoms with Crippen molar-refractivity contribution >= 4 is 0 Å². The Hall–Kier alpha value is -1.37. The second-order valence-corrected chi connectivity index (χ2v) is 5.69. The summed E-state index contributed by atoms with van der Waals surface area (Å²) in [5, 5.41) is 8.95. The molecule has 20 heavy (non-hydrogen) atoms. The highest BCUT2D eigenvalue weighted by Gasteiger charge is 2.19. The number of piperidine rings is 1. The van der Waals surface area contributed by atoms with E-state index < -0.39 is 0 Å². The van der Waals surface area contributed by atoms with E-state index in [0.717, 1.165) is 24.6 Å². The predicted octanol–water partition coefficient (Wildman–Crippen LogP) is 3.20. The van der Waals surface area contributed by atoms with E-state index in [0.29, 0.717) is 0 Å². The van der Waals surface area contributed by atoms with Gasteiger partial charge in [0.05, 0.1) is 11.6 Å². The first-order valence-electron chi connectivity index (χ1n) is 7.52. The molecule has 0 unspecified atom stereocenters. The Morgan fingerprint density at radius 1 is 1.45 bits per heavy atom. The van der Waals surface area contributed by atoms with Crippen molar-refractivity contribution in [3.63, 3.8) is 0 Å². The van der Waals surface area contributed by atoms with Crippen LogP contribution in [0.3, 0.4) is 0 Å². The summed E-state index contributed by atoms with van der Waals surface area (Å²) in [5.74, 6) is 0.804. The molecule has 108 valence electrons. The first-order valence-corrected chi connectivity index (χ1v) is 7.52. The van der Waals surface area contributed by atoms with Crippen molar-refractivity contribution in [1.82, 2.24) is 4.90 Å². The van der Waals surface area contributed by atoms with Gasteiger partial charge >= 0.3 is 0 Å². The Morgan fingerprint density at radius 3 is 3.15 bits per heavy atom. The lowest BCUT2D eigenvalue weighted by Gasteiger charge is -2.32. The number of nitriles is 1. The van der Waals surface area contributed by atoms with Crippen molar-refractivity contribution in [2.45, 2.75) is 32.2 Å². The van der Waals surface area contributed by atoms with E-state index in [1.165, 1.54) is 44.3 Å². The van der Waals surface area contributed by atoms with Gasteiger partial charge in [0.25, 0.3) is 0 Å². The van der Waals surface area contributed by atoms with Crippen molar-refractivity contribution < 1.29 is 4.74 Å². The van der Waals surface area contributed by atoms with Gasteiger partial charge in [-0.3, -0.25) is 4.90 Å². The summed E-state index contributed by atoms with van der Waals surface area (Å²) in [5.41, 5.74) is 2.01.